The van der Waals surface area contributed by atoms with Crippen LogP contribution in [0.5, 0.6) is 0 Å². The van der Waals surface area contributed by atoms with E-state index in [4.69, 9.17) is 10.3 Å². The topological polar surface area (TPSA) is 61.3 Å². The first-order valence-electron chi connectivity index (χ1n) is 3.37. The molecule has 0 saturated heterocycles. The second-order valence-electron chi connectivity index (χ2n) is 3.06. The zero-order valence-electron chi connectivity index (χ0n) is 6.70. The third kappa shape index (κ3) is 1.78. The van der Waals surface area contributed by atoms with Gasteiger partial charge in [-0.1, -0.05) is 13.8 Å². The molecule has 0 radical (unpaired) electrons. The molecule has 1 heterocycles. The summed E-state index contributed by atoms with van der Waals surface area (Å²) in [6.07, 6.45) is 3.06. The molecule has 0 atom stereocenters. The van der Waals surface area contributed by atoms with Crippen LogP contribution in [-0.4, -0.2) is 11.6 Å². The number of hydrogen-bond acceptors (Lipinski definition) is 4. The molecule has 0 fully saturated rings. The van der Waals surface area contributed by atoms with Gasteiger partial charge in [0.2, 0.25) is 0 Å². The molecular weight excluding hydrogens is 144 g/mol. The van der Waals surface area contributed by atoms with E-state index in [9.17, 15) is 0 Å². The molecule has 0 spiro atoms. The zero-order chi connectivity index (χ0) is 8.32. The van der Waals surface area contributed by atoms with Crippen LogP contribution in [0.2, 0.25) is 0 Å². The van der Waals surface area contributed by atoms with E-state index in [-0.39, 0.29) is 5.41 Å². The highest BCUT2D eigenvalue weighted by molar-refractivity contribution is 5.05. The number of nitrogens with two attached hydrogens (primary N) is 1. The van der Waals surface area contributed by atoms with Crippen molar-refractivity contribution < 1.29 is 9.25 Å². The van der Waals surface area contributed by atoms with Crippen molar-refractivity contribution >= 4 is 0 Å². The summed E-state index contributed by atoms with van der Waals surface area (Å²) in [5.41, 5.74) is -0.203. The van der Waals surface area contributed by atoms with Crippen molar-refractivity contribution in [3.63, 3.8) is 0 Å². The maximum Gasteiger partial charge on any atom is 0.180 e. The lowest BCUT2D eigenvalue weighted by Gasteiger charge is -2.18. The summed E-state index contributed by atoms with van der Waals surface area (Å²) >= 11 is 0. The van der Waals surface area contributed by atoms with Crippen molar-refractivity contribution in [2.24, 2.45) is 5.90 Å². The molecule has 0 aliphatic heterocycles. The zero-order valence-corrected chi connectivity index (χ0v) is 6.70. The number of hydrogen-bond donors (Lipinski definition) is 1. The number of oxazole rings is 1. The summed E-state index contributed by atoms with van der Waals surface area (Å²) < 4.78 is 5.10. The highest BCUT2D eigenvalue weighted by Gasteiger charge is 2.24. The first-order valence-corrected chi connectivity index (χ1v) is 3.37. The lowest BCUT2D eigenvalue weighted by atomic mass is 9.92. The Hall–Kier alpha value is -0.870. The van der Waals surface area contributed by atoms with Gasteiger partial charge in [-0.05, 0) is 0 Å². The van der Waals surface area contributed by atoms with Crippen molar-refractivity contribution in [3.05, 3.63) is 18.4 Å². The van der Waals surface area contributed by atoms with Gasteiger partial charge in [0, 0.05) is 5.41 Å². The largest absolute Gasteiger partial charge is 0.448 e. The molecule has 1 aromatic heterocycles. The average Bonchev–Trinajstić information content (AvgIpc) is 2.37. The summed E-state index contributed by atoms with van der Waals surface area (Å²) in [7, 11) is 0. The van der Waals surface area contributed by atoms with Gasteiger partial charge in [0.05, 0.1) is 12.8 Å². The van der Waals surface area contributed by atoms with Crippen LogP contribution in [0, 0.1) is 0 Å². The Balaban J connectivity index is 2.73. The Bertz CT molecular complexity index is 206. The molecule has 4 heteroatoms. The van der Waals surface area contributed by atoms with Crippen LogP contribution in [0.3, 0.4) is 0 Å². The van der Waals surface area contributed by atoms with Crippen LogP contribution < -0.4 is 5.90 Å². The fraction of sp³-hybridized carbons (Fsp3) is 0.571. The predicted octanol–water partition coefficient (Wildman–Crippen LogP) is 0.843. The monoisotopic (exact) mass is 156 g/mol. The predicted molar refractivity (Wildman–Crippen MR) is 39.7 cm³/mol. The lowest BCUT2D eigenvalue weighted by Crippen LogP contribution is -2.25. The number of rotatable bonds is 3. The Morgan fingerprint density at radius 3 is 2.91 bits per heavy atom. The Morgan fingerprint density at radius 1 is 1.73 bits per heavy atom. The van der Waals surface area contributed by atoms with Gasteiger partial charge in [-0.2, -0.15) is 0 Å². The fourth-order valence-corrected chi connectivity index (χ4v) is 0.829. The third-order valence-electron chi connectivity index (χ3n) is 1.54. The van der Waals surface area contributed by atoms with E-state index in [1.165, 1.54) is 6.39 Å². The van der Waals surface area contributed by atoms with Gasteiger partial charge >= 0.3 is 0 Å². The highest BCUT2D eigenvalue weighted by Crippen LogP contribution is 2.21. The molecule has 0 aliphatic rings. The lowest BCUT2D eigenvalue weighted by molar-refractivity contribution is 0.0879. The average molecular weight is 156 g/mol. The van der Waals surface area contributed by atoms with Gasteiger partial charge in [0.25, 0.3) is 0 Å². The molecule has 0 aromatic carbocycles. The van der Waals surface area contributed by atoms with Crippen LogP contribution in [0.4, 0.5) is 0 Å². The summed E-state index contributed by atoms with van der Waals surface area (Å²) in [5.74, 6) is 5.74. The molecule has 0 bridgehead atoms. The van der Waals surface area contributed by atoms with Crippen molar-refractivity contribution in [2.45, 2.75) is 19.3 Å². The first kappa shape index (κ1) is 8.23. The van der Waals surface area contributed by atoms with E-state index >= 15 is 0 Å². The summed E-state index contributed by atoms with van der Waals surface area (Å²) in [6, 6.07) is 0. The normalized spacial score (nSPS) is 11.9. The van der Waals surface area contributed by atoms with Crippen molar-refractivity contribution in [3.8, 4) is 0 Å². The minimum absolute atomic E-state index is 0.203. The SMILES string of the molecule is CC(C)(CON)c1cnco1. The van der Waals surface area contributed by atoms with Gasteiger partial charge in [0.1, 0.15) is 5.76 Å². The van der Waals surface area contributed by atoms with E-state index in [1.54, 1.807) is 6.20 Å². The maximum absolute atomic E-state index is 5.10. The molecule has 2 N–H and O–H groups in total. The molecule has 0 aliphatic carbocycles. The second kappa shape index (κ2) is 3.02. The van der Waals surface area contributed by atoms with Crippen LogP contribution in [0.25, 0.3) is 0 Å². The summed E-state index contributed by atoms with van der Waals surface area (Å²) in [6.45, 7) is 4.36. The van der Waals surface area contributed by atoms with E-state index in [0.717, 1.165) is 5.76 Å². The Morgan fingerprint density at radius 2 is 2.45 bits per heavy atom. The van der Waals surface area contributed by atoms with Gasteiger partial charge < -0.3 is 9.25 Å². The molecule has 1 aromatic rings. The third-order valence-corrected chi connectivity index (χ3v) is 1.54. The number of aromatic nitrogens is 1. The summed E-state index contributed by atoms with van der Waals surface area (Å²) in [5, 5.41) is 0. The van der Waals surface area contributed by atoms with E-state index in [2.05, 4.69) is 9.82 Å². The summed E-state index contributed by atoms with van der Waals surface area (Å²) in [4.78, 5) is 8.35. The van der Waals surface area contributed by atoms with Crippen LogP contribution in [0.1, 0.15) is 19.6 Å². The highest BCUT2D eigenvalue weighted by atomic mass is 16.6. The molecule has 4 nitrogen and oxygen atoms in total. The van der Waals surface area contributed by atoms with Crippen molar-refractivity contribution in [1.29, 1.82) is 0 Å². The smallest absolute Gasteiger partial charge is 0.180 e. The standard InChI is InChI=1S/C7H12N2O2/c1-7(2,4-11-8)6-3-9-5-10-6/h3,5H,4,8H2,1-2H3. The van der Waals surface area contributed by atoms with E-state index in [0.29, 0.717) is 6.61 Å². The van der Waals surface area contributed by atoms with Crippen LogP contribution in [0.15, 0.2) is 17.0 Å². The first-order chi connectivity index (χ1) is 5.17. The fourth-order valence-electron chi connectivity index (χ4n) is 0.829. The van der Waals surface area contributed by atoms with Crippen molar-refractivity contribution in [1.82, 2.24) is 4.98 Å². The Kier molecular flexibility index (Phi) is 2.26. The van der Waals surface area contributed by atoms with Gasteiger partial charge in [-0.15, -0.1) is 0 Å². The minimum Gasteiger partial charge on any atom is -0.448 e. The molecule has 0 saturated carbocycles. The maximum atomic E-state index is 5.10. The van der Waals surface area contributed by atoms with E-state index < -0.39 is 0 Å². The van der Waals surface area contributed by atoms with Crippen LogP contribution in [-0.2, 0) is 10.3 Å². The van der Waals surface area contributed by atoms with E-state index in [1.807, 2.05) is 13.8 Å². The van der Waals surface area contributed by atoms with Gasteiger partial charge in [-0.3, -0.25) is 0 Å². The van der Waals surface area contributed by atoms with Crippen molar-refractivity contribution in [2.75, 3.05) is 6.61 Å². The molecule has 62 valence electrons. The van der Waals surface area contributed by atoms with Gasteiger partial charge in [0.15, 0.2) is 6.39 Å². The molecule has 1 rings (SSSR count). The minimum atomic E-state index is -0.203. The van der Waals surface area contributed by atoms with Crippen LogP contribution >= 0.6 is 0 Å². The molecule has 0 unspecified atom stereocenters. The molecule has 11 heavy (non-hydrogen) atoms. The molecular formula is C7H12N2O2. The molecule has 0 amide bonds. The quantitative estimate of drug-likeness (QED) is 0.659. The second-order valence-corrected chi connectivity index (χ2v) is 3.06. The van der Waals surface area contributed by atoms with Gasteiger partial charge in [-0.25, -0.2) is 10.9 Å². The number of nitrogens with zero attached hydrogens (tertiary/aromatic N) is 1. The Labute approximate surface area is 65.3 Å².